The van der Waals surface area contributed by atoms with Gasteiger partial charge in [-0.3, -0.25) is 0 Å². The monoisotopic (exact) mass is 476 g/mol. The molecule has 0 heterocycles. The Balaban J connectivity index is 1.22. The molecule has 33 heavy (non-hydrogen) atoms. The highest BCUT2D eigenvalue weighted by molar-refractivity contribution is 6.31. The summed E-state index contributed by atoms with van der Waals surface area (Å²) in [5, 5.41) is 11.4. The average Bonchev–Trinajstić information content (AvgIpc) is 2.84. The lowest BCUT2D eigenvalue weighted by atomic mass is 9.64. The fraction of sp³-hybridized carbons (Fsp3) is 0.800. The zero-order chi connectivity index (χ0) is 23.4. The molecule has 0 spiro atoms. The summed E-state index contributed by atoms with van der Waals surface area (Å²) in [4.78, 5) is 0. The zero-order valence-corrected chi connectivity index (χ0v) is 21.8. The number of aryl methyl sites for hydroxylation is 1. The van der Waals surface area contributed by atoms with Gasteiger partial charge in [0, 0.05) is 5.56 Å². The van der Waals surface area contributed by atoms with Gasteiger partial charge in [0.2, 0.25) is 0 Å². The van der Waals surface area contributed by atoms with E-state index in [2.05, 4.69) is 6.92 Å². The largest absolute Gasteiger partial charge is 0.385 e. The third-order valence-electron chi connectivity index (χ3n) is 9.89. The predicted octanol–water partition coefficient (Wildman–Crippen LogP) is 9.36. The van der Waals surface area contributed by atoms with Crippen molar-refractivity contribution in [1.82, 2.24) is 0 Å². The summed E-state index contributed by atoms with van der Waals surface area (Å²) in [5.41, 5.74) is 0.0905. The summed E-state index contributed by atoms with van der Waals surface area (Å²) in [5.74, 6) is 4.05. The van der Waals surface area contributed by atoms with E-state index in [9.17, 15) is 9.50 Å². The number of rotatable bonds is 7. The van der Waals surface area contributed by atoms with Gasteiger partial charge in [0.05, 0.1) is 10.6 Å². The topological polar surface area (TPSA) is 20.2 Å². The van der Waals surface area contributed by atoms with Crippen LogP contribution in [0.2, 0.25) is 5.02 Å². The first kappa shape index (κ1) is 25.5. The van der Waals surface area contributed by atoms with Crippen LogP contribution in [-0.2, 0) is 5.60 Å². The average molecular weight is 477 g/mol. The molecule has 3 aliphatic carbocycles. The highest BCUT2D eigenvalue weighted by Gasteiger charge is 2.40. The summed E-state index contributed by atoms with van der Waals surface area (Å²) in [7, 11) is 0. The molecule has 0 saturated heterocycles. The molecular formula is C30H46ClFO. The number of aliphatic hydroxyl groups is 1. The smallest absolute Gasteiger partial charge is 0.148 e. The second-order valence-corrected chi connectivity index (χ2v) is 12.3. The van der Waals surface area contributed by atoms with Crippen LogP contribution >= 0.6 is 11.6 Å². The quantitative estimate of drug-likeness (QED) is 0.388. The molecule has 0 radical (unpaired) electrons. The lowest BCUT2D eigenvalue weighted by Crippen LogP contribution is -2.36. The van der Waals surface area contributed by atoms with Crippen LogP contribution < -0.4 is 0 Å². The maximum atomic E-state index is 14.8. The van der Waals surface area contributed by atoms with Crippen molar-refractivity contribution in [2.75, 3.05) is 0 Å². The van der Waals surface area contributed by atoms with Crippen molar-refractivity contribution in [3.63, 3.8) is 0 Å². The van der Waals surface area contributed by atoms with Crippen molar-refractivity contribution in [3.05, 3.63) is 34.1 Å². The normalized spacial score (nSPS) is 35.5. The molecule has 3 fully saturated rings. The van der Waals surface area contributed by atoms with E-state index in [1.807, 2.05) is 13.0 Å². The van der Waals surface area contributed by atoms with Crippen LogP contribution in [0.5, 0.6) is 0 Å². The Hall–Kier alpha value is -0.600. The fourth-order valence-corrected chi connectivity index (χ4v) is 7.75. The van der Waals surface area contributed by atoms with Gasteiger partial charge in [0.15, 0.2) is 0 Å². The molecule has 0 amide bonds. The molecule has 0 aromatic heterocycles. The summed E-state index contributed by atoms with van der Waals surface area (Å²) < 4.78 is 14.8. The second kappa shape index (κ2) is 11.4. The van der Waals surface area contributed by atoms with Crippen LogP contribution in [0.4, 0.5) is 4.39 Å². The van der Waals surface area contributed by atoms with E-state index in [0.717, 1.165) is 42.1 Å². The Morgan fingerprint density at radius 2 is 1.36 bits per heavy atom. The van der Waals surface area contributed by atoms with Gasteiger partial charge in [-0.05, 0) is 106 Å². The molecular weight excluding hydrogens is 431 g/mol. The van der Waals surface area contributed by atoms with E-state index in [4.69, 9.17) is 11.6 Å². The SMILES string of the molecule is CCCCCC1CCC(C2CCC(C3CCC(O)(c4ccc(C)c(Cl)c4F)CC3)CC2)CC1. The molecule has 1 nitrogen and oxygen atoms in total. The van der Waals surface area contributed by atoms with Crippen molar-refractivity contribution < 1.29 is 9.50 Å². The molecule has 3 saturated carbocycles. The van der Waals surface area contributed by atoms with E-state index in [1.165, 1.54) is 77.0 Å². The van der Waals surface area contributed by atoms with Gasteiger partial charge in [0.25, 0.3) is 0 Å². The van der Waals surface area contributed by atoms with E-state index in [-0.39, 0.29) is 5.02 Å². The first-order valence-corrected chi connectivity index (χ1v) is 14.5. The molecule has 3 aliphatic rings. The molecule has 186 valence electrons. The van der Waals surface area contributed by atoms with Gasteiger partial charge in [-0.15, -0.1) is 0 Å². The maximum Gasteiger partial charge on any atom is 0.148 e. The minimum Gasteiger partial charge on any atom is -0.385 e. The summed E-state index contributed by atoms with van der Waals surface area (Å²) in [6.45, 7) is 4.12. The Bertz CT molecular complexity index is 753. The minimum absolute atomic E-state index is 0.163. The van der Waals surface area contributed by atoms with Gasteiger partial charge in [-0.2, -0.15) is 0 Å². The minimum atomic E-state index is -1.05. The van der Waals surface area contributed by atoms with Gasteiger partial charge < -0.3 is 5.11 Å². The van der Waals surface area contributed by atoms with Crippen LogP contribution in [0, 0.1) is 42.3 Å². The van der Waals surface area contributed by atoms with Crippen molar-refractivity contribution in [3.8, 4) is 0 Å². The number of halogens is 2. The second-order valence-electron chi connectivity index (χ2n) is 11.9. The van der Waals surface area contributed by atoms with Crippen LogP contribution in [0.25, 0.3) is 0 Å². The van der Waals surface area contributed by atoms with Crippen molar-refractivity contribution in [2.45, 2.75) is 122 Å². The zero-order valence-electron chi connectivity index (χ0n) is 21.1. The lowest BCUT2D eigenvalue weighted by Gasteiger charge is -2.43. The lowest BCUT2D eigenvalue weighted by molar-refractivity contribution is -0.0296. The molecule has 1 aromatic rings. The van der Waals surface area contributed by atoms with Crippen molar-refractivity contribution in [1.29, 1.82) is 0 Å². The highest BCUT2D eigenvalue weighted by Crippen LogP contribution is 2.49. The van der Waals surface area contributed by atoms with Crippen molar-refractivity contribution >= 4 is 11.6 Å². The molecule has 1 N–H and O–H groups in total. The fourth-order valence-electron chi connectivity index (χ4n) is 7.58. The Morgan fingerprint density at radius 1 is 0.848 bits per heavy atom. The molecule has 0 unspecified atom stereocenters. The van der Waals surface area contributed by atoms with Crippen LogP contribution in [-0.4, -0.2) is 5.11 Å². The molecule has 0 aliphatic heterocycles. The summed E-state index contributed by atoms with van der Waals surface area (Å²) in [6, 6.07) is 3.59. The van der Waals surface area contributed by atoms with Gasteiger partial charge in [-0.25, -0.2) is 4.39 Å². The highest BCUT2D eigenvalue weighted by atomic mass is 35.5. The third kappa shape index (κ3) is 5.97. The Kier molecular flexibility index (Phi) is 8.82. The van der Waals surface area contributed by atoms with Crippen LogP contribution in [0.15, 0.2) is 12.1 Å². The Morgan fingerprint density at radius 3 is 1.91 bits per heavy atom. The summed E-state index contributed by atoms with van der Waals surface area (Å²) >= 11 is 6.14. The Labute approximate surface area is 206 Å². The first-order valence-electron chi connectivity index (χ1n) is 14.1. The van der Waals surface area contributed by atoms with E-state index < -0.39 is 11.4 Å². The molecule has 3 heteroatoms. The number of unbranched alkanes of at least 4 members (excludes halogenated alkanes) is 2. The van der Waals surface area contributed by atoms with Gasteiger partial charge in [0.1, 0.15) is 5.82 Å². The number of hydrogen-bond donors (Lipinski definition) is 1. The molecule has 0 bridgehead atoms. The standard InChI is InChI=1S/C30H46ClFO/c1-3-4-5-6-22-8-10-23(11-9-22)24-12-14-25(15-13-24)26-17-19-30(33,20-18-26)27-16-7-21(2)28(31)29(27)32/h7,16,22-26,33H,3-6,8-15,17-20H2,1-2H3. The van der Waals surface area contributed by atoms with E-state index in [1.54, 1.807) is 6.07 Å². The van der Waals surface area contributed by atoms with E-state index >= 15 is 0 Å². The predicted molar refractivity (Wildman–Crippen MR) is 137 cm³/mol. The third-order valence-corrected chi connectivity index (χ3v) is 10.4. The number of benzene rings is 1. The van der Waals surface area contributed by atoms with E-state index in [0.29, 0.717) is 24.3 Å². The molecule has 1 aromatic carbocycles. The maximum absolute atomic E-state index is 14.8. The van der Waals surface area contributed by atoms with Crippen molar-refractivity contribution in [2.24, 2.45) is 29.6 Å². The molecule has 4 rings (SSSR count). The van der Waals surface area contributed by atoms with Crippen LogP contribution in [0.1, 0.15) is 121 Å². The number of hydrogen-bond acceptors (Lipinski definition) is 1. The van der Waals surface area contributed by atoms with Gasteiger partial charge in [-0.1, -0.05) is 69.2 Å². The molecule has 0 atom stereocenters. The van der Waals surface area contributed by atoms with Gasteiger partial charge >= 0.3 is 0 Å². The first-order chi connectivity index (χ1) is 15.9. The summed E-state index contributed by atoms with van der Waals surface area (Å²) in [6.07, 6.45) is 20.5. The van der Waals surface area contributed by atoms with Crippen LogP contribution in [0.3, 0.4) is 0 Å².